The highest BCUT2D eigenvalue weighted by Crippen LogP contribution is 2.35. The van der Waals surface area contributed by atoms with E-state index in [4.69, 9.17) is 4.74 Å². The molecule has 1 atom stereocenters. The molecule has 148 valence electrons. The van der Waals surface area contributed by atoms with Crippen molar-refractivity contribution in [3.63, 3.8) is 0 Å². The Labute approximate surface area is 163 Å². The van der Waals surface area contributed by atoms with Crippen molar-refractivity contribution >= 4 is 11.8 Å². The monoisotopic (exact) mass is 371 g/mol. The van der Waals surface area contributed by atoms with Crippen LogP contribution in [0.1, 0.15) is 50.7 Å². The van der Waals surface area contributed by atoms with E-state index in [1.165, 1.54) is 38.9 Å². The average Bonchev–Trinajstić information content (AvgIpc) is 3.12. The van der Waals surface area contributed by atoms with E-state index in [9.17, 15) is 4.79 Å². The molecule has 1 N–H and O–H groups in total. The summed E-state index contributed by atoms with van der Waals surface area (Å²) in [6.45, 7) is 8.40. The number of nitrogens with one attached hydrogen (secondary N) is 1. The van der Waals surface area contributed by atoms with Crippen LogP contribution in [0, 0.1) is 11.8 Å². The Hall–Kier alpha value is -1.75. The lowest BCUT2D eigenvalue weighted by Gasteiger charge is -2.40. The molecule has 0 aromatic heterocycles. The SMILES string of the molecule is CCCN1CCC(C2CCN(C(=O)OC3CNc4ccccc43)CC2)CC1. The van der Waals surface area contributed by atoms with Crippen molar-refractivity contribution in [2.24, 2.45) is 11.8 Å². The highest BCUT2D eigenvalue weighted by atomic mass is 16.6. The summed E-state index contributed by atoms with van der Waals surface area (Å²) in [6.07, 6.45) is 5.88. The van der Waals surface area contributed by atoms with E-state index in [0.717, 1.165) is 49.0 Å². The number of fused-ring (bicyclic) bond motifs is 1. The van der Waals surface area contributed by atoms with Gasteiger partial charge in [0.1, 0.15) is 6.10 Å². The van der Waals surface area contributed by atoms with Gasteiger partial charge in [-0.2, -0.15) is 0 Å². The molecule has 0 bridgehead atoms. The zero-order valence-corrected chi connectivity index (χ0v) is 16.5. The van der Waals surface area contributed by atoms with Gasteiger partial charge in [0.2, 0.25) is 0 Å². The first-order valence-electron chi connectivity index (χ1n) is 10.7. The molecule has 3 aliphatic rings. The Morgan fingerprint density at radius 2 is 1.74 bits per heavy atom. The molecule has 3 heterocycles. The van der Waals surface area contributed by atoms with Gasteiger partial charge in [-0.1, -0.05) is 25.1 Å². The molecule has 2 saturated heterocycles. The summed E-state index contributed by atoms with van der Waals surface area (Å²) in [7, 11) is 0. The normalized spacial score (nSPS) is 24.5. The van der Waals surface area contributed by atoms with Gasteiger partial charge in [-0.25, -0.2) is 4.79 Å². The molecule has 0 saturated carbocycles. The molecular weight excluding hydrogens is 338 g/mol. The average molecular weight is 372 g/mol. The van der Waals surface area contributed by atoms with Gasteiger partial charge in [0, 0.05) is 24.3 Å². The first-order valence-corrected chi connectivity index (χ1v) is 10.7. The molecule has 2 fully saturated rings. The molecule has 4 rings (SSSR count). The molecule has 1 amide bonds. The molecular formula is C22H33N3O2. The lowest BCUT2D eigenvalue weighted by Crippen LogP contribution is -2.43. The Morgan fingerprint density at radius 3 is 2.44 bits per heavy atom. The van der Waals surface area contributed by atoms with Crippen molar-refractivity contribution < 1.29 is 9.53 Å². The van der Waals surface area contributed by atoms with Crippen molar-refractivity contribution in [3.8, 4) is 0 Å². The quantitative estimate of drug-likeness (QED) is 0.865. The second kappa shape index (κ2) is 8.51. The van der Waals surface area contributed by atoms with E-state index >= 15 is 0 Å². The number of benzene rings is 1. The van der Waals surface area contributed by atoms with Gasteiger partial charge >= 0.3 is 6.09 Å². The second-order valence-electron chi connectivity index (χ2n) is 8.34. The van der Waals surface area contributed by atoms with Crippen LogP contribution in [0.5, 0.6) is 0 Å². The molecule has 3 aliphatic heterocycles. The van der Waals surface area contributed by atoms with E-state index < -0.39 is 0 Å². The zero-order valence-electron chi connectivity index (χ0n) is 16.5. The third kappa shape index (κ3) is 4.23. The summed E-state index contributed by atoms with van der Waals surface area (Å²) in [4.78, 5) is 17.2. The van der Waals surface area contributed by atoms with E-state index in [2.05, 4.69) is 17.1 Å². The molecule has 27 heavy (non-hydrogen) atoms. The highest BCUT2D eigenvalue weighted by Gasteiger charge is 2.33. The van der Waals surface area contributed by atoms with E-state index in [1.54, 1.807) is 0 Å². The maximum absolute atomic E-state index is 12.6. The van der Waals surface area contributed by atoms with Gasteiger partial charge in [-0.05, 0) is 69.6 Å². The van der Waals surface area contributed by atoms with Gasteiger partial charge in [0.25, 0.3) is 0 Å². The molecule has 0 radical (unpaired) electrons. The van der Waals surface area contributed by atoms with Crippen LogP contribution in [0.25, 0.3) is 0 Å². The van der Waals surface area contributed by atoms with Crippen LogP contribution in [-0.2, 0) is 4.74 Å². The molecule has 1 aromatic rings. The Kier molecular flexibility index (Phi) is 5.86. The molecule has 1 unspecified atom stereocenters. The number of amides is 1. The van der Waals surface area contributed by atoms with Gasteiger partial charge in [-0.3, -0.25) is 0 Å². The molecule has 0 spiro atoms. The van der Waals surface area contributed by atoms with Crippen LogP contribution in [0.3, 0.4) is 0 Å². The van der Waals surface area contributed by atoms with Crippen LogP contribution in [-0.4, -0.2) is 55.2 Å². The van der Waals surface area contributed by atoms with Crippen molar-refractivity contribution in [2.75, 3.05) is 44.6 Å². The van der Waals surface area contributed by atoms with Crippen LogP contribution in [0.2, 0.25) is 0 Å². The number of carbonyl (C=O) groups is 1. The van der Waals surface area contributed by atoms with Crippen LogP contribution < -0.4 is 5.32 Å². The summed E-state index contributed by atoms with van der Waals surface area (Å²) < 4.78 is 5.82. The molecule has 0 aliphatic carbocycles. The minimum absolute atomic E-state index is 0.144. The lowest BCUT2D eigenvalue weighted by molar-refractivity contribution is 0.0482. The number of rotatable bonds is 4. The standard InChI is InChI=1S/C22H33N3O2/c1-2-11-24-12-7-17(8-13-24)18-9-14-25(15-10-18)22(26)27-21-16-23-20-6-4-3-5-19(20)21/h3-6,17-18,21,23H,2,7-16H2,1H3. The molecule has 5 heteroatoms. The largest absolute Gasteiger partial charge is 0.439 e. The second-order valence-corrected chi connectivity index (χ2v) is 8.34. The van der Waals surface area contributed by atoms with Gasteiger partial charge < -0.3 is 19.9 Å². The van der Waals surface area contributed by atoms with Crippen LogP contribution >= 0.6 is 0 Å². The Balaban J connectivity index is 1.23. The van der Waals surface area contributed by atoms with Crippen LogP contribution in [0.15, 0.2) is 24.3 Å². The maximum Gasteiger partial charge on any atom is 0.410 e. The topological polar surface area (TPSA) is 44.8 Å². The van der Waals surface area contributed by atoms with Gasteiger partial charge in [0.15, 0.2) is 0 Å². The third-order valence-corrected chi connectivity index (χ3v) is 6.67. The number of carbonyl (C=O) groups excluding carboxylic acids is 1. The van der Waals surface area contributed by atoms with E-state index in [-0.39, 0.29) is 12.2 Å². The number of piperidine rings is 2. The number of nitrogens with zero attached hydrogens (tertiary/aromatic N) is 2. The van der Waals surface area contributed by atoms with E-state index in [0.29, 0.717) is 6.54 Å². The van der Waals surface area contributed by atoms with Crippen molar-refractivity contribution in [2.45, 2.75) is 45.1 Å². The summed E-state index contributed by atoms with van der Waals surface area (Å²) >= 11 is 0. The van der Waals surface area contributed by atoms with Crippen molar-refractivity contribution in [3.05, 3.63) is 29.8 Å². The number of hydrogen-bond acceptors (Lipinski definition) is 4. The number of likely N-dealkylation sites (tertiary alicyclic amines) is 2. The molecule has 1 aromatic carbocycles. The number of para-hydroxylation sites is 1. The van der Waals surface area contributed by atoms with Crippen LogP contribution in [0.4, 0.5) is 10.5 Å². The third-order valence-electron chi connectivity index (χ3n) is 6.67. The van der Waals surface area contributed by atoms with Crippen molar-refractivity contribution in [1.29, 1.82) is 0 Å². The van der Waals surface area contributed by atoms with Gasteiger partial charge in [-0.15, -0.1) is 0 Å². The number of anilines is 1. The fourth-order valence-corrected chi connectivity index (χ4v) is 5.07. The Morgan fingerprint density at radius 1 is 1.07 bits per heavy atom. The smallest absolute Gasteiger partial charge is 0.410 e. The fourth-order valence-electron chi connectivity index (χ4n) is 5.07. The minimum atomic E-state index is -0.158. The van der Waals surface area contributed by atoms with Crippen molar-refractivity contribution in [1.82, 2.24) is 9.80 Å². The summed E-state index contributed by atoms with van der Waals surface area (Å²) in [5.41, 5.74) is 2.18. The van der Waals surface area contributed by atoms with Gasteiger partial charge in [0.05, 0.1) is 6.54 Å². The molecule has 5 nitrogen and oxygen atoms in total. The first-order chi connectivity index (χ1) is 13.2. The van der Waals surface area contributed by atoms with E-state index in [1.807, 2.05) is 29.2 Å². The fraction of sp³-hybridized carbons (Fsp3) is 0.682. The number of ether oxygens (including phenoxy) is 1. The maximum atomic E-state index is 12.6. The predicted octanol–water partition coefficient (Wildman–Crippen LogP) is 4.12. The lowest BCUT2D eigenvalue weighted by atomic mass is 9.79. The summed E-state index contributed by atoms with van der Waals surface area (Å²) in [5, 5.41) is 3.32. The minimum Gasteiger partial charge on any atom is -0.439 e. The predicted molar refractivity (Wildman–Crippen MR) is 108 cm³/mol. The zero-order chi connectivity index (χ0) is 18.6. The first kappa shape index (κ1) is 18.6. The summed E-state index contributed by atoms with van der Waals surface area (Å²) in [6, 6.07) is 8.10. The number of hydrogen-bond donors (Lipinski definition) is 1. The summed E-state index contributed by atoms with van der Waals surface area (Å²) in [5.74, 6) is 1.63. The Bertz CT molecular complexity index is 634. The highest BCUT2D eigenvalue weighted by molar-refractivity contribution is 5.69.